The van der Waals surface area contributed by atoms with E-state index in [-0.39, 0.29) is 23.8 Å². The molecule has 0 aromatic heterocycles. The molecule has 1 atom stereocenters. The van der Waals surface area contributed by atoms with E-state index in [2.05, 4.69) is 10.6 Å². The second-order valence-corrected chi connectivity index (χ2v) is 6.53. The molecule has 0 saturated carbocycles. The lowest BCUT2D eigenvalue weighted by atomic mass is 10.0. The first-order valence-corrected chi connectivity index (χ1v) is 8.51. The van der Waals surface area contributed by atoms with Crippen LogP contribution in [0.2, 0.25) is 0 Å². The van der Waals surface area contributed by atoms with E-state index >= 15 is 0 Å². The number of amides is 3. The zero-order valence-electron chi connectivity index (χ0n) is 15.2. The van der Waals surface area contributed by atoms with Crippen LogP contribution in [0.15, 0.2) is 48.5 Å². The number of hydrogen-bond donors (Lipinski definition) is 3. The molecule has 4 N–H and O–H groups in total. The zero-order chi connectivity index (χ0) is 20.0. The third-order valence-electron chi connectivity index (χ3n) is 3.94. The summed E-state index contributed by atoms with van der Waals surface area (Å²) < 4.78 is 13.0. The van der Waals surface area contributed by atoms with Gasteiger partial charge in [-0.1, -0.05) is 26.0 Å². The summed E-state index contributed by atoms with van der Waals surface area (Å²) in [5.74, 6) is -1.87. The van der Waals surface area contributed by atoms with Gasteiger partial charge in [-0.3, -0.25) is 14.4 Å². The Morgan fingerprint density at radius 2 is 1.59 bits per heavy atom. The van der Waals surface area contributed by atoms with E-state index in [1.807, 2.05) is 13.8 Å². The molecule has 0 radical (unpaired) electrons. The Hall–Kier alpha value is -3.22. The van der Waals surface area contributed by atoms with Crippen molar-refractivity contribution in [3.63, 3.8) is 0 Å². The number of carbonyl (C=O) groups is 3. The molecule has 0 aliphatic carbocycles. The minimum Gasteiger partial charge on any atom is -0.369 e. The third-order valence-corrected chi connectivity index (χ3v) is 3.94. The molecule has 0 heterocycles. The number of halogens is 1. The third kappa shape index (κ3) is 5.91. The standard InChI is InChI=1S/C20H22FN3O3/c1-12(2)18(24-19(26)14-5-7-15(21)8-6-14)20(27)23-16-9-3-13(4-10-16)11-17(22)25/h3-10,12,18H,11H2,1-2H3,(H2,22,25)(H,23,27)(H,24,26). The molecule has 6 nitrogen and oxygen atoms in total. The molecule has 0 bridgehead atoms. The van der Waals surface area contributed by atoms with Crippen molar-refractivity contribution in [2.75, 3.05) is 5.32 Å². The summed E-state index contributed by atoms with van der Waals surface area (Å²) >= 11 is 0. The van der Waals surface area contributed by atoms with E-state index in [0.29, 0.717) is 5.69 Å². The Bertz CT molecular complexity index is 817. The highest BCUT2D eigenvalue weighted by atomic mass is 19.1. The maximum atomic E-state index is 13.0. The average Bonchev–Trinajstić information content (AvgIpc) is 2.61. The highest BCUT2D eigenvalue weighted by Crippen LogP contribution is 2.13. The molecule has 0 spiro atoms. The van der Waals surface area contributed by atoms with Crippen molar-refractivity contribution >= 4 is 23.4 Å². The summed E-state index contributed by atoms with van der Waals surface area (Å²) in [5, 5.41) is 5.42. The van der Waals surface area contributed by atoms with Crippen LogP contribution in [0.1, 0.15) is 29.8 Å². The monoisotopic (exact) mass is 371 g/mol. The average molecular weight is 371 g/mol. The predicted molar refractivity (Wildman–Crippen MR) is 100 cm³/mol. The van der Waals surface area contributed by atoms with Gasteiger partial charge in [0.25, 0.3) is 5.91 Å². The van der Waals surface area contributed by atoms with Crippen LogP contribution in [-0.2, 0) is 16.0 Å². The Morgan fingerprint density at radius 3 is 2.11 bits per heavy atom. The topological polar surface area (TPSA) is 101 Å². The van der Waals surface area contributed by atoms with Gasteiger partial charge in [-0.15, -0.1) is 0 Å². The number of anilines is 1. The molecule has 0 aliphatic rings. The Labute approximate surface area is 156 Å². The number of hydrogen-bond acceptors (Lipinski definition) is 3. The van der Waals surface area contributed by atoms with E-state index in [1.165, 1.54) is 24.3 Å². The maximum absolute atomic E-state index is 13.0. The van der Waals surface area contributed by atoms with Crippen LogP contribution in [0.3, 0.4) is 0 Å². The molecule has 2 aromatic rings. The van der Waals surface area contributed by atoms with Gasteiger partial charge in [0.2, 0.25) is 11.8 Å². The van der Waals surface area contributed by atoms with Crippen molar-refractivity contribution in [2.45, 2.75) is 26.3 Å². The molecule has 0 saturated heterocycles. The Balaban J connectivity index is 2.04. The van der Waals surface area contributed by atoms with Crippen LogP contribution in [0.5, 0.6) is 0 Å². The molecular formula is C20H22FN3O3. The molecule has 27 heavy (non-hydrogen) atoms. The van der Waals surface area contributed by atoms with E-state index in [0.717, 1.165) is 5.56 Å². The summed E-state index contributed by atoms with van der Waals surface area (Å²) in [6, 6.07) is 11.0. The van der Waals surface area contributed by atoms with Gasteiger partial charge in [0.15, 0.2) is 0 Å². The minimum absolute atomic E-state index is 0.122. The Kier molecular flexibility index (Phi) is 6.65. The summed E-state index contributed by atoms with van der Waals surface area (Å²) in [7, 11) is 0. The molecule has 142 valence electrons. The number of rotatable bonds is 7. The minimum atomic E-state index is -0.771. The van der Waals surface area contributed by atoms with Gasteiger partial charge >= 0.3 is 0 Å². The van der Waals surface area contributed by atoms with Crippen molar-refractivity contribution in [1.82, 2.24) is 5.32 Å². The first-order valence-electron chi connectivity index (χ1n) is 8.51. The van der Waals surface area contributed by atoms with E-state index in [4.69, 9.17) is 5.73 Å². The maximum Gasteiger partial charge on any atom is 0.251 e. The van der Waals surface area contributed by atoms with Gasteiger partial charge in [0.05, 0.1) is 6.42 Å². The quantitative estimate of drug-likeness (QED) is 0.696. The second-order valence-electron chi connectivity index (χ2n) is 6.53. The smallest absolute Gasteiger partial charge is 0.251 e. The Morgan fingerprint density at radius 1 is 1.00 bits per heavy atom. The lowest BCUT2D eigenvalue weighted by molar-refractivity contribution is -0.119. The zero-order valence-corrected chi connectivity index (χ0v) is 15.2. The normalized spacial score (nSPS) is 11.7. The fourth-order valence-corrected chi connectivity index (χ4v) is 2.49. The molecule has 2 aromatic carbocycles. The number of primary amides is 1. The lowest BCUT2D eigenvalue weighted by Crippen LogP contribution is -2.47. The van der Waals surface area contributed by atoms with Gasteiger partial charge in [0.1, 0.15) is 11.9 Å². The molecule has 3 amide bonds. The SMILES string of the molecule is CC(C)C(NC(=O)c1ccc(F)cc1)C(=O)Nc1ccc(CC(N)=O)cc1. The first-order chi connectivity index (χ1) is 12.8. The van der Waals surface area contributed by atoms with Crippen molar-refractivity contribution in [2.24, 2.45) is 11.7 Å². The van der Waals surface area contributed by atoms with Crippen LogP contribution >= 0.6 is 0 Å². The van der Waals surface area contributed by atoms with Gasteiger partial charge in [-0.25, -0.2) is 4.39 Å². The van der Waals surface area contributed by atoms with Crippen LogP contribution in [0.4, 0.5) is 10.1 Å². The molecule has 1 unspecified atom stereocenters. The molecule has 7 heteroatoms. The van der Waals surface area contributed by atoms with Gasteiger partial charge in [-0.2, -0.15) is 0 Å². The van der Waals surface area contributed by atoms with Crippen molar-refractivity contribution in [3.05, 3.63) is 65.5 Å². The molecule has 0 aliphatic heterocycles. The fourth-order valence-electron chi connectivity index (χ4n) is 2.49. The van der Waals surface area contributed by atoms with E-state index < -0.39 is 23.7 Å². The summed E-state index contributed by atoms with van der Waals surface area (Å²) in [5.41, 5.74) is 6.70. The van der Waals surface area contributed by atoms with Gasteiger partial charge in [0, 0.05) is 11.3 Å². The highest BCUT2D eigenvalue weighted by Gasteiger charge is 2.24. The second kappa shape index (κ2) is 8.93. The fraction of sp³-hybridized carbons (Fsp3) is 0.250. The highest BCUT2D eigenvalue weighted by molar-refractivity contribution is 6.01. The summed E-state index contributed by atoms with van der Waals surface area (Å²) in [6.45, 7) is 3.62. The van der Waals surface area contributed by atoms with E-state index in [1.54, 1.807) is 24.3 Å². The van der Waals surface area contributed by atoms with E-state index in [9.17, 15) is 18.8 Å². The summed E-state index contributed by atoms with van der Waals surface area (Å²) in [4.78, 5) is 35.8. The summed E-state index contributed by atoms with van der Waals surface area (Å²) in [6.07, 6.45) is 0.122. The number of carbonyl (C=O) groups excluding carboxylic acids is 3. The van der Waals surface area contributed by atoms with Crippen LogP contribution in [0.25, 0.3) is 0 Å². The molecular weight excluding hydrogens is 349 g/mol. The number of nitrogens with two attached hydrogens (primary N) is 1. The number of benzene rings is 2. The lowest BCUT2D eigenvalue weighted by Gasteiger charge is -2.22. The largest absolute Gasteiger partial charge is 0.369 e. The van der Waals surface area contributed by atoms with Crippen molar-refractivity contribution in [3.8, 4) is 0 Å². The predicted octanol–water partition coefficient (Wildman–Crippen LogP) is 2.25. The molecule has 0 fully saturated rings. The van der Waals surface area contributed by atoms with Crippen LogP contribution in [0, 0.1) is 11.7 Å². The van der Waals surface area contributed by atoms with Gasteiger partial charge < -0.3 is 16.4 Å². The van der Waals surface area contributed by atoms with Crippen LogP contribution in [-0.4, -0.2) is 23.8 Å². The molecule has 2 rings (SSSR count). The van der Waals surface area contributed by atoms with Crippen LogP contribution < -0.4 is 16.4 Å². The first kappa shape index (κ1) is 20.1. The van der Waals surface area contributed by atoms with Gasteiger partial charge in [-0.05, 0) is 47.9 Å². The van der Waals surface area contributed by atoms with Crippen molar-refractivity contribution < 1.29 is 18.8 Å². The number of nitrogens with one attached hydrogen (secondary N) is 2. The van der Waals surface area contributed by atoms with Crippen molar-refractivity contribution in [1.29, 1.82) is 0 Å².